The molecule has 1 N–H and O–H groups in total. The fraction of sp³-hybridized carbons (Fsp3) is 0.0714. The van der Waals surface area contributed by atoms with Crippen molar-refractivity contribution in [1.29, 1.82) is 0 Å². The largest absolute Gasteiger partial charge is 0.506 e. The predicted molar refractivity (Wildman–Crippen MR) is 130 cm³/mol. The normalized spacial score (nSPS) is 11.0. The molecule has 0 spiro atoms. The van der Waals surface area contributed by atoms with Crippen LogP contribution >= 0.6 is 0 Å². The molecule has 0 saturated carbocycles. The zero-order valence-corrected chi connectivity index (χ0v) is 18.2. The minimum absolute atomic E-state index is 0.0423. The molecule has 0 aliphatic rings. The zero-order valence-electron chi connectivity index (χ0n) is 18.2. The van der Waals surface area contributed by atoms with Crippen molar-refractivity contribution in [3.63, 3.8) is 0 Å². The second-order valence-corrected chi connectivity index (χ2v) is 7.83. The summed E-state index contributed by atoms with van der Waals surface area (Å²) in [6, 6.07) is 26.4. The summed E-state index contributed by atoms with van der Waals surface area (Å²) in [5.74, 6) is 0.614. The number of pyridine rings is 1. The van der Waals surface area contributed by atoms with Crippen molar-refractivity contribution < 1.29 is 14.3 Å². The van der Waals surface area contributed by atoms with Crippen LogP contribution in [0.15, 0.2) is 94.1 Å². The van der Waals surface area contributed by atoms with Crippen LogP contribution in [0.1, 0.15) is 5.56 Å². The van der Waals surface area contributed by atoms with E-state index in [-0.39, 0.29) is 11.3 Å². The number of methoxy groups -OCH3 is 1. The van der Waals surface area contributed by atoms with Crippen molar-refractivity contribution in [2.45, 2.75) is 6.92 Å². The number of hydrogen-bond acceptors (Lipinski definition) is 5. The molecule has 0 unspecified atom stereocenters. The van der Waals surface area contributed by atoms with E-state index in [4.69, 9.17) is 14.1 Å². The number of rotatable bonds is 4. The third kappa shape index (κ3) is 3.85. The lowest BCUT2D eigenvalue weighted by molar-refractivity contribution is 0.415. The van der Waals surface area contributed by atoms with Gasteiger partial charge in [-0.25, -0.2) is 9.78 Å². The van der Waals surface area contributed by atoms with Gasteiger partial charge in [-0.05, 0) is 54.4 Å². The average Bonchev–Trinajstić information content (AvgIpc) is 2.85. The second-order valence-electron chi connectivity index (χ2n) is 7.83. The van der Waals surface area contributed by atoms with Gasteiger partial charge in [-0.1, -0.05) is 54.1 Å². The molecule has 0 saturated heterocycles. The molecule has 5 heteroatoms. The molecule has 3 aromatic carbocycles. The molecule has 2 heterocycles. The first-order valence-corrected chi connectivity index (χ1v) is 10.5. The molecule has 0 bridgehead atoms. The Morgan fingerprint density at radius 2 is 1.55 bits per heavy atom. The maximum atomic E-state index is 12.9. The van der Waals surface area contributed by atoms with Crippen LogP contribution in [0.2, 0.25) is 0 Å². The maximum Gasteiger partial charge on any atom is 0.349 e. The highest BCUT2D eigenvalue weighted by Gasteiger charge is 2.19. The van der Waals surface area contributed by atoms with E-state index in [1.807, 2.05) is 73.7 Å². The van der Waals surface area contributed by atoms with E-state index >= 15 is 0 Å². The SMILES string of the molecule is COc1ccc(-c2cc(-c3ccccc3)nc(-c3c(O)c4cc(C)ccc4oc3=O)c2)cc1. The third-order valence-corrected chi connectivity index (χ3v) is 5.61. The summed E-state index contributed by atoms with van der Waals surface area (Å²) in [6.45, 7) is 1.92. The second kappa shape index (κ2) is 8.28. The van der Waals surface area contributed by atoms with Crippen molar-refractivity contribution in [2.75, 3.05) is 7.11 Å². The molecule has 33 heavy (non-hydrogen) atoms. The first-order chi connectivity index (χ1) is 16.0. The van der Waals surface area contributed by atoms with Crippen LogP contribution in [0.4, 0.5) is 0 Å². The number of aryl methyl sites for hydroxylation is 1. The van der Waals surface area contributed by atoms with Crippen molar-refractivity contribution in [3.05, 3.63) is 101 Å². The molecular weight excluding hydrogens is 414 g/mol. The van der Waals surface area contributed by atoms with E-state index < -0.39 is 5.63 Å². The minimum Gasteiger partial charge on any atom is -0.506 e. The van der Waals surface area contributed by atoms with Gasteiger partial charge < -0.3 is 14.3 Å². The van der Waals surface area contributed by atoms with Gasteiger partial charge in [-0.2, -0.15) is 0 Å². The summed E-state index contributed by atoms with van der Waals surface area (Å²) in [7, 11) is 1.62. The summed E-state index contributed by atoms with van der Waals surface area (Å²) in [5.41, 5.74) is 4.39. The number of aromatic hydroxyl groups is 1. The van der Waals surface area contributed by atoms with Crippen LogP contribution in [-0.2, 0) is 0 Å². The van der Waals surface area contributed by atoms with Gasteiger partial charge in [0.05, 0.1) is 23.9 Å². The summed E-state index contributed by atoms with van der Waals surface area (Å²) >= 11 is 0. The van der Waals surface area contributed by atoms with Gasteiger partial charge >= 0.3 is 5.63 Å². The first-order valence-electron chi connectivity index (χ1n) is 10.5. The highest BCUT2D eigenvalue weighted by atomic mass is 16.5. The van der Waals surface area contributed by atoms with Crippen LogP contribution in [0, 0.1) is 6.92 Å². The molecule has 5 rings (SSSR count). The summed E-state index contributed by atoms with van der Waals surface area (Å²) in [6.07, 6.45) is 0. The van der Waals surface area contributed by atoms with Gasteiger partial charge in [-0.3, -0.25) is 0 Å². The molecule has 0 atom stereocenters. The molecule has 5 aromatic rings. The number of nitrogens with zero attached hydrogens (tertiary/aromatic N) is 1. The van der Waals surface area contributed by atoms with Crippen LogP contribution < -0.4 is 10.4 Å². The molecule has 0 radical (unpaired) electrons. The van der Waals surface area contributed by atoms with Crippen LogP contribution in [0.3, 0.4) is 0 Å². The number of hydrogen-bond donors (Lipinski definition) is 1. The van der Waals surface area contributed by atoms with E-state index in [2.05, 4.69) is 0 Å². The molecule has 0 fully saturated rings. The Kier molecular flexibility index (Phi) is 5.15. The number of aromatic nitrogens is 1. The van der Waals surface area contributed by atoms with E-state index in [0.717, 1.165) is 28.0 Å². The Hall–Kier alpha value is -4.38. The first kappa shape index (κ1) is 20.5. The zero-order chi connectivity index (χ0) is 22.9. The monoisotopic (exact) mass is 435 g/mol. The number of fused-ring (bicyclic) bond motifs is 1. The van der Waals surface area contributed by atoms with Gasteiger partial charge in [0.15, 0.2) is 0 Å². The quantitative estimate of drug-likeness (QED) is 0.340. The van der Waals surface area contributed by atoms with Crippen LogP contribution in [0.5, 0.6) is 11.5 Å². The summed E-state index contributed by atoms with van der Waals surface area (Å²) < 4.78 is 10.8. The summed E-state index contributed by atoms with van der Waals surface area (Å²) in [5, 5.41) is 11.6. The number of benzene rings is 3. The van der Waals surface area contributed by atoms with Gasteiger partial charge in [0.25, 0.3) is 0 Å². The lowest BCUT2D eigenvalue weighted by Gasteiger charge is -2.12. The lowest BCUT2D eigenvalue weighted by Crippen LogP contribution is -2.05. The maximum absolute atomic E-state index is 12.9. The molecular formula is C28H21NO4. The van der Waals surface area contributed by atoms with E-state index in [1.165, 1.54) is 0 Å². The van der Waals surface area contributed by atoms with Gasteiger partial charge in [0.1, 0.15) is 22.6 Å². The van der Waals surface area contributed by atoms with Gasteiger partial charge in [-0.15, -0.1) is 0 Å². The topological polar surface area (TPSA) is 72.6 Å². The molecule has 5 nitrogen and oxygen atoms in total. The van der Waals surface area contributed by atoms with Crippen molar-refractivity contribution in [3.8, 4) is 45.1 Å². The fourth-order valence-electron chi connectivity index (χ4n) is 3.89. The van der Waals surface area contributed by atoms with E-state index in [0.29, 0.717) is 22.4 Å². The highest BCUT2D eigenvalue weighted by Crippen LogP contribution is 2.36. The van der Waals surface area contributed by atoms with Crippen LogP contribution in [-0.4, -0.2) is 17.2 Å². The van der Waals surface area contributed by atoms with Gasteiger partial charge in [0, 0.05) is 5.56 Å². The Labute approximate surface area is 190 Å². The average molecular weight is 435 g/mol. The smallest absolute Gasteiger partial charge is 0.349 e. The third-order valence-electron chi connectivity index (χ3n) is 5.61. The molecule has 0 aliphatic heterocycles. The highest BCUT2D eigenvalue weighted by molar-refractivity contribution is 5.91. The Morgan fingerprint density at radius 1 is 0.818 bits per heavy atom. The Balaban J connectivity index is 1.77. The van der Waals surface area contributed by atoms with Crippen molar-refractivity contribution >= 4 is 11.0 Å². The Morgan fingerprint density at radius 3 is 2.27 bits per heavy atom. The summed E-state index contributed by atoms with van der Waals surface area (Å²) in [4.78, 5) is 17.7. The standard InChI is InChI=1S/C28H21NO4/c1-17-8-13-25-22(14-17)27(30)26(28(31)33-25)24-16-20(18-9-11-21(32-2)12-10-18)15-23(29-24)19-6-4-3-5-7-19/h3-16,30H,1-2H3. The van der Waals surface area contributed by atoms with E-state index in [9.17, 15) is 9.90 Å². The molecule has 162 valence electrons. The lowest BCUT2D eigenvalue weighted by atomic mass is 9.99. The predicted octanol–water partition coefficient (Wildman–Crippen LogP) is 6.21. The van der Waals surface area contributed by atoms with E-state index in [1.54, 1.807) is 25.3 Å². The molecule has 0 aliphatic carbocycles. The van der Waals surface area contributed by atoms with Crippen molar-refractivity contribution in [2.24, 2.45) is 0 Å². The van der Waals surface area contributed by atoms with Gasteiger partial charge in [0.2, 0.25) is 0 Å². The molecule has 0 amide bonds. The fourth-order valence-corrected chi connectivity index (χ4v) is 3.89. The minimum atomic E-state index is -0.637. The van der Waals surface area contributed by atoms with Crippen LogP contribution in [0.25, 0.3) is 44.6 Å². The Bertz CT molecular complexity index is 1520. The molecule has 2 aromatic heterocycles. The number of ether oxygens (including phenoxy) is 1. The van der Waals surface area contributed by atoms with Crippen molar-refractivity contribution in [1.82, 2.24) is 4.98 Å².